The monoisotopic (exact) mass is 306 g/mol. The van der Waals surface area contributed by atoms with Gasteiger partial charge in [-0.1, -0.05) is 12.1 Å². The molecule has 1 atom stereocenters. The fourth-order valence-corrected chi connectivity index (χ4v) is 2.98. The lowest BCUT2D eigenvalue weighted by atomic mass is 10.2. The standard InChI is InChI=1S/C15H15FN2O2S/c1-10-8-11(17)6-7-14(10)21(20)9-15(19)18-13-5-3-2-4-12(13)16/h2-8H,9,17H2,1H3,(H,18,19). The van der Waals surface area contributed by atoms with Gasteiger partial charge in [-0.05, 0) is 42.8 Å². The van der Waals surface area contributed by atoms with Crippen LogP contribution < -0.4 is 11.1 Å². The number of nitrogens with two attached hydrogens (primary N) is 1. The first kappa shape index (κ1) is 15.2. The van der Waals surface area contributed by atoms with E-state index in [2.05, 4.69) is 5.32 Å². The average molecular weight is 306 g/mol. The van der Waals surface area contributed by atoms with Gasteiger partial charge in [0.25, 0.3) is 0 Å². The Morgan fingerprint density at radius 2 is 2.00 bits per heavy atom. The minimum atomic E-state index is -1.50. The van der Waals surface area contributed by atoms with Crippen molar-refractivity contribution in [3.8, 4) is 0 Å². The first-order valence-corrected chi connectivity index (χ1v) is 7.58. The second-order valence-electron chi connectivity index (χ2n) is 4.54. The summed E-state index contributed by atoms with van der Waals surface area (Å²) in [6.07, 6.45) is 0. The summed E-state index contributed by atoms with van der Waals surface area (Å²) in [4.78, 5) is 12.4. The first-order valence-electron chi connectivity index (χ1n) is 6.26. The number of hydrogen-bond acceptors (Lipinski definition) is 3. The highest BCUT2D eigenvalue weighted by molar-refractivity contribution is 7.85. The lowest BCUT2D eigenvalue weighted by Gasteiger charge is -2.08. The van der Waals surface area contributed by atoms with Gasteiger partial charge in [-0.15, -0.1) is 0 Å². The molecular weight excluding hydrogens is 291 g/mol. The van der Waals surface area contributed by atoms with Crippen molar-refractivity contribution in [2.45, 2.75) is 11.8 Å². The van der Waals surface area contributed by atoms with Crippen molar-refractivity contribution in [3.05, 3.63) is 53.8 Å². The molecular formula is C15H15FN2O2S. The molecule has 0 saturated carbocycles. The summed E-state index contributed by atoms with van der Waals surface area (Å²) < 4.78 is 25.6. The molecule has 3 N–H and O–H groups in total. The topological polar surface area (TPSA) is 72.2 Å². The summed E-state index contributed by atoms with van der Waals surface area (Å²) in [6.45, 7) is 1.78. The van der Waals surface area contributed by atoms with E-state index < -0.39 is 22.5 Å². The fraction of sp³-hybridized carbons (Fsp3) is 0.133. The fourth-order valence-electron chi connectivity index (χ4n) is 1.87. The number of carbonyl (C=O) groups is 1. The molecule has 6 heteroatoms. The second kappa shape index (κ2) is 6.49. The molecule has 0 aliphatic carbocycles. The Labute approximate surface area is 124 Å². The van der Waals surface area contributed by atoms with Crippen LogP contribution in [0.4, 0.5) is 15.8 Å². The van der Waals surface area contributed by atoms with Crippen molar-refractivity contribution >= 4 is 28.1 Å². The van der Waals surface area contributed by atoms with E-state index in [1.54, 1.807) is 31.2 Å². The Balaban J connectivity index is 2.06. The SMILES string of the molecule is Cc1cc(N)ccc1S(=O)CC(=O)Nc1ccccc1F. The lowest BCUT2D eigenvalue weighted by Crippen LogP contribution is -2.20. The van der Waals surface area contributed by atoms with Crippen LogP contribution in [0.1, 0.15) is 5.56 Å². The van der Waals surface area contributed by atoms with Crippen molar-refractivity contribution in [1.82, 2.24) is 0 Å². The van der Waals surface area contributed by atoms with E-state index in [0.29, 0.717) is 10.6 Å². The Kier molecular flexibility index (Phi) is 4.70. The Bertz CT molecular complexity index is 704. The van der Waals surface area contributed by atoms with E-state index in [4.69, 9.17) is 5.73 Å². The summed E-state index contributed by atoms with van der Waals surface area (Å²) in [5.74, 6) is -1.27. The molecule has 0 fully saturated rings. The van der Waals surface area contributed by atoms with Gasteiger partial charge in [0.2, 0.25) is 5.91 Å². The van der Waals surface area contributed by atoms with Gasteiger partial charge in [-0.2, -0.15) is 0 Å². The van der Waals surface area contributed by atoms with Crippen LogP contribution >= 0.6 is 0 Å². The number of para-hydroxylation sites is 1. The molecule has 2 aromatic rings. The number of benzene rings is 2. The van der Waals surface area contributed by atoms with E-state index in [1.165, 1.54) is 18.2 Å². The quantitative estimate of drug-likeness (QED) is 0.852. The number of aryl methyl sites for hydroxylation is 1. The van der Waals surface area contributed by atoms with E-state index >= 15 is 0 Å². The van der Waals surface area contributed by atoms with Gasteiger partial charge >= 0.3 is 0 Å². The highest BCUT2D eigenvalue weighted by Gasteiger charge is 2.14. The van der Waals surface area contributed by atoms with Crippen LogP contribution in [0.15, 0.2) is 47.4 Å². The van der Waals surface area contributed by atoms with Crippen LogP contribution in [0, 0.1) is 12.7 Å². The molecule has 0 saturated heterocycles. The van der Waals surface area contributed by atoms with Crippen LogP contribution in [0.3, 0.4) is 0 Å². The maximum absolute atomic E-state index is 13.4. The highest BCUT2D eigenvalue weighted by atomic mass is 32.2. The summed E-state index contributed by atoms with van der Waals surface area (Å²) >= 11 is 0. The third-order valence-electron chi connectivity index (χ3n) is 2.85. The van der Waals surface area contributed by atoms with Crippen molar-refractivity contribution < 1.29 is 13.4 Å². The van der Waals surface area contributed by atoms with Crippen molar-refractivity contribution in [2.24, 2.45) is 0 Å². The van der Waals surface area contributed by atoms with Gasteiger partial charge in [0.1, 0.15) is 11.6 Å². The average Bonchev–Trinajstić information content (AvgIpc) is 2.41. The molecule has 21 heavy (non-hydrogen) atoms. The Morgan fingerprint density at radius 1 is 1.29 bits per heavy atom. The normalized spacial score (nSPS) is 11.9. The highest BCUT2D eigenvalue weighted by Crippen LogP contribution is 2.17. The summed E-state index contributed by atoms with van der Waals surface area (Å²) in [6, 6.07) is 10.8. The Morgan fingerprint density at radius 3 is 2.67 bits per heavy atom. The van der Waals surface area contributed by atoms with Crippen LogP contribution in [0.25, 0.3) is 0 Å². The maximum Gasteiger partial charge on any atom is 0.237 e. The van der Waals surface area contributed by atoms with Gasteiger partial charge in [0, 0.05) is 10.6 Å². The number of nitrogen functional groups attached to an aromatic ring is 1. The van der Waals surface area contributed by atoms with Crippen LogP contribution in [-0.4, -0.2) is 15.9 Å². The molecule has 2 rings (SSSR count). The minimum absolute atomic E-state index is 0.0773. The van der Waals surface area contributed by atoms with Gasteiger partial charge in [0.15, 0.2) is 0 Å². The van der Waals surface area contributed by atoms with Crippen molar-refractivity contribution in [1.29, 1.82) is 0 Å². The van der Waals surface area contributed by atoms with E-state index in [0.717, 1.165) is 5.56 Å². The molecule has 0 radical (unpaired) electrons. The predicted octanol–water partition coefficient (Wildman–Crippen LogP) is 2.46. The summed E-state index contributed by atoms with van der Waals surface area (Å²) in [7, 11) is -1.50. The van der Waals surface area contributed by atoms with Crippen LogP contribution in [0.5, 0.6) is 0 Å². The second-order valence-corrected chi connectivity index (χ2v) is 5.96. The summed E-state index contributed by atoms with van der Waals surface area (Å²) in [5, 5.41) is 2.41. The molecule has 0 aromatic heterocycles. The number of halogens is 1. The number of carbonyl (C=O) groups excluding carboxylic acids is 1. The molecule has 4 nitrogen and oxygen atoms in total. The van der Waals surface area contributed by atoms with Gasteiger partial charge in [0.05, 0.1) is 16.5 Å². The van der Waals surface area contributed by atoms with Crippen molar-refractivity contribution in [2.75, 3.05) is 16.8 Å². The Hall–Kier alpha value is -2.21. The molecule has 1 amide bonds. The van der Waals surface area contributed by atoms with E-state index in [9.17, 15) is 13.4 Å². The number of anilines is 2. The third kappa shape index (κ3) is 3.88. The van der Waals surface area contributed by atoms with E-state index in [1.807, 2.05) is 0 Å². The maximum atomic E-state index is 13.4. The summed E-state index contributed by atoms with van der Waals surface area (Å²) in [5.41, 5.74) is 7.03. The number of rotatable bonds is 4. The first-order chi connectivity index (χ1) is 9.97. The zero-order valence-electron chi connectivity index (χ0n) is 11.4. The largest absolute Gasteiger partial charge is 0.399 e. The number of hydrogen-bond donors (Lipinski definition) is 2. The van der Waals surface area contributed by atoms with Gasteiger partial charge in [-0.3, -0.25) is 9.00 Å². The van der Waals surface area contributed by atoms with E-state index in [-0.39, 0.29) is 11.4 Å². The molecule has 2 aromatic carbocycles. The van der Waals surface area contributed by atoms with Gasteiger partial charge < -0.3 is 11.1 Å². The van der Waals surface area contributed by atoms with Crippen LogP contribution in [-0.2, 0) is 15.6 Å². The molecule has 0 spiro atoms. The molecule has 0 aliphatic heterocycles. The molecule has 0 heterocycles. The van der Waals surface area contributed by atoms with Gasteiger partial charge in [-0.25, -0.2) is 4.39 Å². The number of nitrogens with one attached hydrogen (secondary N) is 1. The molecule has 0 bridgehead atoms. The predicted molar refractivity (Wildman–Crippen MR) is 81.9 cm³/mol. The van der Waals surface area contributed by atoms with Crippen LogP contribution in [0.2, 0.25) is 0 Å². The number of amides is 1. The minimum Gasteiger partial charge on any atom is -0.399 e. The smallest absolute Gasteiger partial charge is 0.237 e. The zero-order valence-corrected chi connectivity index (χ0v) is 12.2. The lowest BCUT2D eigenvalue weighted by molar-refractivity contribution is -0.113. The molecule has 0 aliphatic rings. The molecule has 110 valence electrons. The van der Waals surface area contributed by atoms with Crippen molar-refractivity contribution in [3.63, 3.8) is 0 Å². The third-order valence-corrected chi connectivity index (χ3v) is 4.33. The zero-order chi connectivity index (χ0) is 15.4. The molecule has 1 unspecified atom stereocenters.